The Bertz CT molecular complexity index is 354. The molecule has 1 saturated heterocycles. The Kier molecular flexibility index (Phi) is 3.73. The van der Waals surface area contributed by atoms with Gasteiger partial charge in [0.1, 0.15) is 5.71 Å². The van der Waals surface area contributed by atoms with Crippen molar-refractivity contribution in [2.45, 2.75) is 38.1 Å². The number of hydrogen-bond donors (Lipinski definition) is 2. The first-order valence-corrected chi connectivity index (χ1v) is 5.99. The molecule has 0 aromatic carbocycles. The zero-order valence-electron chi connectivity index (χ0n) is 9.69. The highest BCUT2D eigenvalue weighted by Crippen LogP contribution is 2.18. The topological polar surface area (TPSA) is 82.0 Å². The minimum atomic E-state index is -0.154. The van der Waals surface area contributed by atoms with E-state index in [1.807, 2.05) is 0 Å². The van der Waals surface area contributed by atoms with Crippen LogP contribution in [0.1, 0.15) is 32.1 Å². The number of nitrogens with one attached hydrogen (secondary N) is 1. The second-order valence-electron chi connectivity index (χ2n) is 4.42. The van der Waals surface area contributed by atoms with Gasteiger partial charge < -0.3 is 10.0 Å². The van der Waals surface area contributed by atoms with E-state index in [1.165, 1.54) is 0 Å². The Morgan fingerprint density at radius 1 is 1.47 bits per heavy atom. The second-order valence-corrected chi connectivity index (χ2v) is 4.42. The standard InChI is InChI=1S/C11H17N3O3/c15-7-8-3-1-2-6-14(8)11(17)9-4-5-10(16)13-12-9/h8,15H,1-7H2,(H,13,16). The second kappa shape index (κ2) is 5.27. The Morgan fingerprint density at radius 3 is 2.94 bits per heavy atom. The van der Waals surface area contributed by atoms with E-state index in [1.54, 1.807) is 4.90 Å². The first-order valence-electron chi connectivity index (χ1n) is 5.99. The van der Waals surface area contributed by atoms with Crippen molar-refractivity contribution in [3.05, 3.63) is 0 Å². The lowest BCUT2D eigenvalue weighted by Gasteiger charge is -2.35. The van der Waals surface area contributed by atoms with Crippen molar-refractivity contribution >= 4 is 17.5 Å². The van der Waals surface area contributed by atoms with E-state index in [0.717, 1.165) is 19.3 Å². The minimum Gasteiger partial charge on any atom is -0.394 e. The number of rotatable bonds is 2. The molecule has 0 aromatic heterocycles. The normalized spacial score (nSPS) is 25.2. The third-order valence-electron chi connectivity index (χ3n) is 3.25. The molecule has 1 unspecified atom stereocenters. The van der Waals surface area contributed by atoms with Crippen LogP contribution < -0.4 is 5.43 Å². The van der Waals surface area contributed by atoms with Crippen LogP contribution >= 0.6 is 0 Å². The molecule has 17 heavy (non-hydrogen) atoms. The summed E-state index contributed by atoms with van der Waals surface area (Å²) in [6.45, 7) is 0.655. The van der Waals surface area contributed by atoms with Crippen molar-refractivity contribution in [2.75, 3.05) is 13.2 Å². The van der Waals surface area contributed by atoms with Gasteiger partial charge in [-0.2, -0.15) is 5.10 Å². The molecule has 2 N–H and O–H groups in total. The average molecular weight is 239 g/mol. The van der Waals surface area contributed by atoms with E-state index in [-0.39, 0.29) is 24.5 Å². The maximum atomic E-state index is 12.2. The molecule has 1 atom stereocenters. The molecule has 1 fully saturated rings. The van der Waals surface area contributed by atoms with Crippen LogP contribution in [0.15, 0.2) is 5.10 Å². The minimum absolute atomic E-state index is 0.00855. The van der Waals surface area contributed by atoms with Gasteiger partial charge in [-0.1, -0.05) is 0 Å². The molecule has 0 aromatic rings. The van der Waals surface area contributed by atoms with Gasteiger partial charge in [0.15, 0.2) is 0 Å². The van der Waals surface area contributed by atoms with Gasteiger partial charge in [0.05, 0.1) is 12.6 Å². The monoisotopic (exact) mass is 239 g/mol. The van der Waals surface area contributed by atoms with Gasteiger partial charge in [-0.25, -0.2) is 5.43 Å². The Morgan fingerprint density at radius 2 is 2.29 bits per heavy atom. The summed E-state index contributed by atoms with van der Waals surface area (Å²) in [5, 5.41) is 13.0. The summed E-state index contributed by atoms with van der Waals surface area (Å²) in [6.07, 6.45) is 3.53. The number of carbonyl (C=O) groups excluding carboxylic acids is 2. The summed E-state index contributed by atoms with van der Waals surface area (Å²) in [5.74, 6) is -0.303. The number of hydrogen-bond acceptors (Lipinski definition) is 4. The largest absolute Gasteiger partial charge is 0.394 e. The summed E-state index contributed by atoms with van der Waals surface area (Å²) < 4.78 is 0. The van der Waals surface area contributed by atoms with Gasteiger partial charge in [-0.3, -0.25) is 9.59 Å². The van der Waals surface area contributed by atoms with Crippen molar-refractivity contribution in [1.29, 1.82) is 0 Å². The summed E-state index contributed by atoms with van der Waals surface area (Å²) in [5.41, 5.74) is 2.72. The Balaban J connectivity index is 2.05. The van der Waals surface area contributed by atoms with Gasteiger partial charge >= 0.3 is 0 Å². The van der Waals surface area contributed by atoms with Crippen LogP contribution in [0.25, 0.3) is 0 Å². The lowest BCUT2D eigenvalue weighted by atomic mass is 10.0. The zero-order valence-corrected chi connectivity index (χ0v) is 9.69. The Labute approximate surface area is 99.7 Å². The molecule has 0 radical (unpaired) electrons. The smallest absolute Gasteiger partial charge is 0.270 e. The molecular formula is C11H17N3O3. The lowest BCUT2D eigenvalue weighted by Crippen LogP contribution is -2.49. The number of nitrogens with zero attached hydrogens (tertiary/aromatic N) is 2. The molecule has 2 aliphatic rings. The number of likely N-dealkylation sites (tertiary alicyclic amines) is 1. The van der Waals surface area contributed by atoms with Gasteiger partial charge in [-0.15, -0.1) is 0 Å². The molecule has 2 heterocycles. The molecule has 2 amide bonds. The number of piperidine rings is 1. The molecule has 6 nitrogen and oxygen atoms in total. The number of carbonyl (C=O) groups is 2. The molecule has 2 aliphatic heterocycles. The van der Waals surface area contributed by atoms with Crippen LogP contribution in [-0.4, -0.2) is 46.7 Å². The predicted molar refractivity (Wildman–Crippen MR) is 61.2 cm³/mol. The first kappa shape index (κ1) is 12.0. The Hall–Kier alpha value is -1.43. The highest BCUT2D eigenvalue weighted by atomic mass is 16.3. The molecule has 6 heteroatoms. The van der Waals surface area contributed by atoms with Gasteiger partial charge in [0.2, 0.25) is 5.91 Å². The van der Waals surface area contributed by atoms with Crippen LogP contribution in [0.2, 0.25) is 0 Å². The number of amides is 2. The summed E-state index contributed by atoms with van der Waals surface area (Å²) in [6, 6.07) is -0.100. The fraction of sp³-hybridized carbons (Fsp3) is 0.727. The molecule has 2 rings (SSSR count). The van der Waals surface area contributed by atoms with Crippen LogP contribution in [-0.2, 0) is 9.59 Å². The van der Waals surface area contributed by atoms with Crippen LogP contribution in [0, 0.1) is 0 Å². The lowest BCUT2D eigenvalue weighted by molar-refractivity contribution is -0.128. The van der Waals surface area contributed by atoms with E-state index in [2.05, 4.69) is 10.5 Å². The highest BCUT2D eigenvalue weighted by Gasteiger charge is 2.30. The number of hydrazone groups is 1. The van der Waals surface area contributed by atoms with E-state index < -0.39 is 0 Å². The highest BCUT2D eigenvalue weighted by molar-refractivity contribution is 6.39. The average Bonchev–Trinajstić information content (AvgIpc) is 2.39. The van der Waals surface area contributed by atoms with Gasteiger partial charge in [0.25, 0.3) is 5.91 Å². The third kappa shape index (κ3) is 2.63. The predicted octanol–water partition coefficient (Wildman–Crippen LogP) is -0.374. The maximum absolute atomic E-state index is 12.2. The van der Waals surface area contributed by atoms with E-state index in [9.17, 15) is 14.7 Å². The molecule has 0 spiro atoms. The molecular weight excluding hydrogens is 222 g/mol. The summed E-state index contributed by atoms with van der Waals surface area (Å²) >= 11 is 0. The number of aliphatic hydroxyl groups is 1. The first-order chi connectivity index (χ1) is 8.22. The number of aliphatic hydroxyl groups excluding tert-OH is 1. The quantitative estimate of drug-likeness (QED) is 0.689. The van der Waals surface area contributed by atoms with Crippen molar-refractivity contribution in [3.8, 4) is 0 Å². The van der Waals surface area contributed by atoms with E-state index >= 15 is 0 Å². The molecule has 0 saturated carbocycles. The van der Waals surface area contributed by atoms with Crippen molar-refractivity contribution in [3.63, 3.8) is 0 Å². The zero-order chi connectivity index (χ0) is 12.3. The van der Waals surface area contributed by atoms with E-state index in [0.29, 0.717) is 25.1 Å². The van der Waals surface area contributed by atoms with Crippen LogP contribution in [0.3, 0.4) is 0 Å². The summed E-state index contributed by atoms with van der Waals surface area (Å²) in [4.78, 5) is 24.8. The van der Waals surface area contributed by atoms with Crippen molar-refractivity contribution in [2.24, 2.45) is 5.10 Å². The van der Waals surface area contributed by atoms with Crippen LogP contribution in [0.5, 0.6) is 0 Å². The fourth-order valence-corrected chi connectivity index (χ4v) is 2.25. The van der Waals surface area contributed by atoms with Gasteiger partial charge in [0, 0.05) is 19.4 Å². The maximum Gasteiger partial charge on any atom is 0.270 e. The van der Waals surface area contributed by atoms with Gasteiger partial charge in [-0.05, 0) is 19.3 Å². The molecule has 94 valence electrons. The molecule has 0 aliphatic carbocycles. The SMILES string of the molecule is O=C1CCC(C(=O)N2CCCCC2CO)=NN1. The summed E-state index contributed by atoms with van der Waals surface area (Å²) in [7, 11) is 0. The molecule has 0 bridgehead atoms. The third-order valence-corrected chi connectivity index (χ3v) is 3.25. The van der Waals surface area contributed by atoms with E-state index in [4.69, 9.17) is 0 Å². The van der Waals surface area contributed by atoms with Crippen LogP contribution in [0.4, 0.5) is 0 Å². The van der Waals surface area contributed by atoms with Crippen molar-refractivity contribution < 1.29 is 14.7 Å². The fourth-order valence-electron chi connectivity index (χ4n) is 2.25. The van der Waals surface area contributed by atoms with Crippen molar-refractivity contribution in [1.82, 2.24) is 10.3 Å².